The van der Waals surface area contributed by atoms with E-state index in [4.69, 9.17) is 0 Å². The number of allylic oxidation sites excluding steroid dienone is 1. The van der Waals surface area contributed by atoms with E-state index < -0.39 is 0 Å². The first kappa shape index (κ1) is 9.54. The van der Waals surface area contributed by atoms with Crippen LogP contribution in [0, 0.1) is 5.92 Å². The molecule has 0 amide bonds. The van der Waals surface area contributed by atoms with Crippen LogP contribution in [-0.4, -0.2) is 18.0 Å². The molecular weight excluding hydrogens is 122 g/mol. The lowest BCUT2D eigenvalue weighted by Crippen LogP contribution is -2.28. The van der Waals surface area contributed by atoms with Crippen molar-refractivity contribution >= 4 is 0 Å². The summed E-state index contributed by atoms with van der Waals surface area (Å²) in [6.45, 7) is 8.77. The second-order valence-electron chi connectivity index (χ2n) is 3.13. The van der Waals surface area contributed by atoms with Crippen molar-refractivity contribution in [1.82, 2.24) is 4.90 Å². The number of nitrogens with zero attached hydrogens (tertiary/aromatic N) is 1. The largest absolute Gasteiger partial charge is 0.378 e. The lowest BCUT2D eigenvalue weighted by atomic mass is 10.1. The molecule has 1 nitrogen and oxygen atoms in total. The molecule has 0 aromatic rings. The van der Waals surface area contributed by atoms with Gasteiger partial charge < -0.3 is 4.90 Å². The number of rotatable bonds is 3. The zero-order chi connectivity index (χ0) is 8.15. The molecule has 0 radical (unpaired) electrons. The summed E-state index contributed by atoms with van der Waals surface area (Å²) in [4.78, 5) is 2.24. The lowest BCUT2D eigenvalue weighted by Gasteiger charge is -2.26. The van der Waals surface area contributed by atoms with Crippen molar-refractivity contribution < 1.29 is 0 Å². The van der Waals surface area contributed by atoms with E-state index in [9.17, 15) is 0 Å². The normalized spacial score (nSPS) is 14.6. The molecule has 10 heavy (non-hydrogen) atoms. The van der Waals surface area contributed by atoms with Crippen LogP contribution in [-0.2, 0) is 0 Å². The van der Waals surface area contributed by atoms with E-state index in [1.807, 2.05) is 6.92 Å². The Morgan fingerprint density at radius 2 is 1.70 bits per heavy atom. The highest BCUT2D eigenvalue weighted by molar-refractivity contribution is 4.80. The Labute approximate surface area is 64.7 Å². The van der Waals surface area contributed by atoms with Crippen LogP contribution in [0.3, 0.4) is 0 Å². The third-order valence-corrected chi connectivity index (χ3v) is 1.99. The topological polar surface area (TPSA) is 3.24 Å². The predicted octanol–water partition coefficient (Wildman–Crippen LogP) is 2.50. The quantitative estimate of drug-likeness (QED) is 0.583. The van der Waals surface area contributed by atoms with Gasteiger partial charge in [-0.2, -0.15) is 0 Å². The standard InChI is InChI=1S/C9H19N/c1-6-7-10(5)9(4)8(2)3/h6-9H,1-5H3/b7-6-. The molecule has 0 aliphatic carbocycles. The Balaban J connectivity index is 3.81. The molecule has 0 heterocycles. The maximum absolute atomic E-state index is 2.24. The smallest absolute Gasteiger partial charge is 0.0275 e. The minimum atomic E-state index is 0.635. The van der Waals surface area contributed by atoms with Gasteiger partial charge in [0.25, 0.3) is 0 Å². The Hall–Kier alpha value is -0.460. The van der Waals surface area contributed by atoms with E-state index in [1.165, 1.54) is 0 Å². The fraction of sp³-hybridized carbons (Fsp3) is 0.778. The van der Waals surface area contributed by atoms with Gasteiger partial charge in [0.2, 0.25) is 0 Å². The number of hydrogen-bond acceptors (Lipinski definition) is 1. The summed E-state index contributed by atoms with van der Waals surface area (Å²) in [6, 6.07) is 0.635. The van der Waals surface area contributed by atoms with Crippen LogP contribution in [0.2, 0.25) is 0 Å². The highest BCUT2D eigenvalue weighted by Crippen LogP contribution is 2.07. The van der Waals surface area contributed by atoms with E-state index in [-0.39, 0.29) is 0 Å². The zero-order valence-corrected chi connectivity index (χ0v) is 7.76. The first-order chi connectivity index (χ1) is 4.59. The second-order valence-corrected chi connectivity index (χ2v) is 3.13. The molecule has 0 aliphatic rings. The minimum Gasteiger partial charge on any atom is -0.378 e. The van der Waals surface area contributed by atoms with Crippen molar-refractivity contribution in [2.24, 2.45) is 5.92 Å². The summed E-state index contributed by atoms with van der Waals surface area (Å²) in [6.07, 6.45) is 4.18. The molecule has 1 heteroatoms. The Bertz CT molecular complexity index is 105. The van der Waals surface area contributed by atoms with Gasteiger partial charge in [0.1, 0.15) is 0 Å². The van der Waals surface area contributed by atoms with Gasteiger partial charge in [-0.25, -0.2) is 0 Å². The van der Waals surface area contributed by atoms with Crippen LogP contribution < -0.4 is 0 Å². The SMILES string of the molecule is C/C=C\N(C)C(C)C(C)C. The summed E-state index contributed by atoms with van der Waals surface area (Å²) in [5.74, 6) is 0.723. The van der Waals surface area contributed by atoms with Gasteiger partial charge >= 0.3 is 0 Å². The van der Waals surface area contributed by atoms with E-state index in [0.717, 1.165) is 5.92 Å². The predicted molar refractivity (Wildman–Crippen MR) is 46.9 cm³/mol. The molecule has 0 fully saturated rings. The van der Waals surface area contributed by atoms with Gasteiger partial charge in [-0.05, 0) is 26.0 Å². The first-order valence-corrected chi connectivity index (χ1v) is 3.94. The zero-order valence-electron chi connectivity index (χ0n) is 7.76. The molecule has 0 aromatic heterocycles. The highest BCUT2D eigenvalue weighted by Gasteiger charge is 2.08. The van der Waals surface area contributed by atoms with Crippen LogP contribution in [0.25, 0.3) is 0 Å². The molecule has 0 aromatic carbocycles. The van der Waals surface area contributed by atoms with Crippen molar-refractivity contribution in [2.45, 2.75) is 33.7 Å². The van der Waals surface area contributed by atoms with Crippen LogP contribution in [0.4, 0.5) is 0 Å². The fourth-order valence-corrected chi connectivity index (χ4v) is 0.841. The molecular formula is C9H19N. The van der Waals surface area contributed by atoms with Gasteiger partial charge in [-0.1, -0.05) is 19.9 Å². The van der Waals surface area contributed by atoms with Gasteiger partial charge in [0.05, 0.1) is 0 Å². The molecule has 0 bridgehead atoms. The monoisotopic (exact) mass is 141 g/mol. The maximum Gasteiger partial charge on any atom is 0.0275 e. The van der Waals surface area contributed by atoms with Gasteiger partial charge in [0, 0.05) is 13.1 Å². The van der Waals surface area contributed by atoms with Crippen molar-refractivity contribution in [3.05, 3.63) is 12.3 Å². The molecule has 0 spiro atoms. The third kappa shape index (κ3) is 2.90. The van der Waals surface area contributed by atoms with Crippen LogP contribution >= 0.6 is 0 Å². The van der Waals surface area contributed by atoms with Crippen LogP contribution in [0.15, 0.2) is 12.3 Å². The Kier molecular flexibility index (Phi) is 4.17. The highest BCUT2D eigenvalue weighted by atomic mass is 15.1. The first-order valence-electron chi connectivity index (χ1n) is 3.94. The summed E-state index contributed by atoms with van der Waals surface area (Å²) >= 11 is 0. The summed E-state index contributed by atoms with van der Waals surface area (Å²) in [5.41, 5.74) is 0. The van der Waals surface area contributed by atoms with E-state index in [2.05, 4.69) is 45.0 Å². The Morgan fingerprint density at radius 1 is 1.20 bits per heavy atom. The molecule has 0 rings (SSSR count). The maximum atomic E-state index is 2.24. The molecule has 0 N–H and O–H groups in total. The van der Waals surface area contributed by atoms with E-state index in [0.29, 0.717) is 6.04 Å². The molecule has 0 saturated heterocycles. The second kappa shape index (κ2) is 4.37. The van der Waals surface area contributed by atoms with Crippen LogP contribution in [0.5, 0.6) is 0 Å². The van der Waals surface area contributed by atoms with Gasteiger partial charge in [0.15, 0.2) is 0 Å². The average Bonchev–Trinajstić information content (AvgIpc) is 1.87. The van der Waals surface area contributed by atoms with Gasteiger partial charge in [-0.15, -0.1) is 0 Å². The molecule has 0 saturated carbocycles. The van der Waals surface area contributed by atoms with Gasteiger partial charge in [-0.3, -0.25) is 0 Å². The Morgan fingerprint density at radius 3 is 2.00 bits per heavy atom. The van der Waals surface area contributed by atoms with Crippen molar-refractivity contribution in [3.8, 4) is 0 Å². The van der Waals surface area contributed by atoms with Crippen molar-refractivity contribution in [1.29, 1.82) is 0 Å². The third-order valence-electron chi connectivity index (χ3n) is 1.99. The summed E-state index contributed by atoms with van der Waals surface area (Å²) < 4.78 is 0. The molecule has 0 aliphatic heterocycles. The summed E-state index contributed by atoms with van der Waals surface area (Å²) in [7, 11) is 2.12. The van der Waals surface area contributed by atoms with Crippen molar-refractivity contribution in [3.63, 3.8) is 0 Å². The molecule has 60 valence electrons. The number of hydrogen-bond donors (Lipinski definition) is 0. The average molecular weight is 141 g/mol. The van der Waals surface area contributed by atoms with Crippen molar-refractivity contribution in [2.75, 3.05) is 7.05 Å². The minimum absolute atomic E-state index is 0.635. The van der Waals surface area contributed by atoms with Crippen LogP contribution in [0.1, 0.15) is 27.7 Å². The van der Waals surface area contributed by atoms with E-state index in [1.54, 1.807) is 0 Å². The fourth-order valence-electron chi connectivity index (χ4n) is 0.841. The van der Waals surface area contributed by atoms with E-state index >= 15 is 0 Å². The summed E-state index contributed by atoms with van der Waals surface area (Å²) in [5, 5.41) is 0. The molecule has 1 atom stereocenters. The lowest BCUT2D eigenvalue weighted by molar-refractivity contribution is 0.280. The molecule has 1 unspecified atom stereocenters.